The molecule has 2 aromatic rings. The van der Waals surface area contributed by atoms with Crippen molar-refractivity contribution in [3.8, 4) is 0 Å². The smallest absolute Gasteiger partial charge is 0.335 e. The topological polar surface area (TPSA) is 78.8 Å². The summed E-state index contributed by atoms with van der Waals surface area (Å²) < 4.78 is 0. The first-order valence-corrected chi connectivity index (χ1v) is 9.02. The Morgan fingerprint density at radius 1 is 1.07 bits per heavy atom. The Kier molecular flexibility index (Phi) is 5.13. The summed E-state index contributed by atoms with van der Waals surface area (Å²) in [6, 6.07) is 14.8. The van der Waals surface area contributed by atoms with Crippen molar-refractivity contribution in [2.45, 2.75) is 38.5 Å². The van der Waals surface area contributed by atoms with Crippen LogP contribution < -0.4 is 5.43 Å². The van der Waals surface area contributed by atoms with Crippen LogP contribution in [0.5, 0.6) is 0 Å². The summed E-state index contributed by atoms with van der Waals surface area (Å²) in [5.41, 5.74) is 6.12. The monoisotopic (exact) mass is 364 g/mol. The van der Waals surface area contributed by atoms with Gasteiger partial charge in [-0.1, -0.05) is 57.2 Å². The van der Waals surface area contributed by atoms with Gasteiger partial charge in [0.25, 0.3) is 0 Å². The van der Waals surface area contributed by atoms with Gasteiger partial charge in [-0.2, -0.15) is 5.10 Å². The number of benzene rings is 2. The summed E-state index contributed by atoms with van der Waals surface area (Å²) in [4.78, 5) is 23.1. The molecule has 0 radical (unpaired) electrons. The molecule has 5 heteroatoms. The van der Waals surface area contributed by atoms with E-state index in [9.17, 15) is 9.59 Å². The van der Waals surface area contributed by atoms with Crippen molar-refractivity contribution >= 4 is 18.1 Å². The lowest BCUT2D eigenvalue weighted by Crippen LogP contribution is -2.20. The number of carbonyl (C=O) groups excluding carboxylic acids is 1. The summed E-state index contributed by atoms with van der Waals surface area (Å²) >= 11 is 0. The molecule has 1 aliphatic rings. The molecule has 1 aliphatic carbocycles. The van der Waals surface area contributed by atoms with E-state index in [2.05, 4.69) is 55.6 Å². The minimum atomic E-state index is -0.970. The number of hydrogen-bond acceptors (Lipinski definition) is 3. The summed E-state index contributed by atoms with van der Waals surface area (Å²) in [5.74, 6) is -0.846. The van der Waals surface area contributed by atoms with Crippen LogP contribution in [0, 0.1) is 5.92 Å². The third-order valence-electron chi connectivity index (χ3n) is 4.88. The number of carboxylic acids is 1. The van der Waals surface area contributed by atoms with Crippen LogP contribution in [-0.2, 0) is 10.2 Å². The second-order valence-electron chi connectivity index (χ2n) is 7.98. The third kappa shape index (κ3) is 4.61. The molecule has 0 heterocycles. The van der Waals surface area contributed by atoms with Crippen LogP contribution in [0.1, 0.15) is 60.2 Å². The summed E-state index contributed by atoms with van der Waals surface area (Å²) in [5, 5.41) is 12.9. The van der Waals surface area contributed by atoms with E-state index in [-0.39, 0.29) is 28.7 Å². The second-order valence-corrected chi connectivity index (χ2v) is 7.98. The molecule has 3 rings (SSSR count). The zero-order chi connectivity index (χ0) is 19.6. The van der Waals surface area contributed by atoms with Crippen molar-refractivity contribution in [3.05, 3.63) is 70.8 Å². The Bertz CT molecular complexity index is 862. The lowest BCUT2D eigenvalue weighted by molar-refractivity contribution is -0.122. The second kappa shape index (κ2) is 7.35. The van der Waals surface area contributed by atoms with Crippen LogP contribution in [0.2, 0.25) is 0 Å². The van der Waals surface area contributed by atoms with Gasteiger partial charge in [0.2, 0.25) is 5.91 Å². The van der Waals surface area contributed by atoms with E-state index < -0.39 is 5.97 Å². The average Bonchev–Trinajstić information content (AvgIpc) is 3.42. The van der Waals surface area contributed by atoms with Crippen LogP contribution >= 0.6 is 0 Å². The van der Waals surface area contributed by atoms with Gasteiger partial charge in [-0.15, -0.1) is 0 Å². The van der Waals surface area contributed by atoms with Crippen molar-refractivity contribution in [2.75, 3.05) is 0 Å². The predicted molar refractivity (Wildman–Crippen MR) is 105 cm³/mol. The summed E-state index contributed by atoms with van der Waals surface area (Å²) in [7, 11) is 0. The maximum Gasteiger partial charge on any atom is 0.335 e. The van der Waals surface area contributed by atoms with E-state index in [1.165, 1.54) is 29.5 Å². The molecule has 0 saturated heterocycles. The zero-order valence-corrected chi connectivity index (χ0v) is 15.8. The molecule has 0 spiro atoms. The van der Waals surface area contributed by atoms with Crippen LogP contribution in [0.4, 0.5) is 0 Å². The average molecular weight is 364 g/mol. The number of rotatable bonds is 5. The van der Waals surface area contributed by atoms with E-state index in [4.69, 9.17) is 5.11 Å². The van der Waals surface area contributed by atoms with Gasteiger partial charge >= 0.3 is 5.97 Å². The number of nitrogens with zero attached hydrogens (tertiary/aromatic N) is 1. The summed E-state index contributed by atoms with van der Waals surface area (Å²) in [6.45, 7) is 6.55. The molecular formula is C22H24N2O3. The van der Waals surface area contributed by atoms with Crippen molar-refractivity contribution in [2.24, 2.45) is 11.0 Å². The molecule has 2 aromatic carbocycles. The Morgan fingerprint density at radius 2 is 1.70 bits per heavy atom. The molecule has 0 bridgehead atoms. The van der Waals surface area contributed by atoms with Gasteiger partial charge in [0.1, 0.15) is 0 Å². The standard InChI is InChI=1S/C22H24N2O3/c1-22(2,3)17-10-8-15(9-11-17)18-12-19(18)20(25)24-23-13-14-4-6-16(7-5-14)21(26)27/h4-11,13,18-19H,12H2,1-3H3,(H,24,25)(H,26,27)/b23-13-/t18-,19-/m1/s1. The number of aromatic carboxylic acids is 1. The lowest BCUT2D eigenvalue weighted by atomic mass is 9.86. The molecule has 140 valence electrons. The van der Waals surface area contributed by atoms with Gasteiger partial charge in [-0.05, 0) is 46.6 Å². The molecule has 1 saturated carbocycles. The fraction of sp³-hybridized carbons (Fsp3) is 0.318. The number of carbonyl (C=O) groups is 2. The van der Waals surface area contributed by atoms with Crippen molar-refractivity contribution in [1.82, 2.24) is 5.43 Å². The van der Waals surface area contributed by atoms with Crippen molar-refractivity contribution in [1.29, 1.82) is 0 Å². The number of nitrogens with one attached hydrogen (secondary N) is 1. The fourth-order valence-corrected chi connectivity index (χ4v) is 3.05. The number of carboxylic acid groups (broad SMARTS) is 1. The highest BCUT2D eigenvalue weighted by Gasteiger charge is 2.43. The molecule has 0 aliphatic heterocycles. The first-order valence-electron chi connectivity index (χ1n) is 9.02. The molecule has 2 N–H and O–H groups in total. The Hall–Kier alpha value is -2.95. The highest BCUT2D eigenvalue weighted by molar-refractivity contribution is 5.89. The number of amides is 1. The number of hydrogen-bond donors (Lipinski definition) is 2. The SMILES string of the molecule is CC(C)(C)c1ccc([C@H]2C[C@H]2C(=O)N/N=C\c2ccc(C(=O)O)cc2)cc1. The Morgan fingerprint density at radius 3 is 2.26 bits per heavy atom. The number of hydrazone groups is 1. The molecule has 5 nitrogen and oxygen atoms in total. The van der Waals surface area contributed by atoms with Gasteiger partial charge in [-0.3, -0.25) is 4.79 Å². The Labute approximate surface area is 159 Å². The molecule has 1 fully saturated rings. The van der Waals surface area contributed by atoms with Gasteiger partial charge < -0.3 is 5.11 Å². The van der Waals surface area contributed by atoms with Gasteiger partial charge in [0.05, 0.1) is 11.8 Å². The third-order valence-corrected chi connectivity index (χ3v) is 4.88. The highest BCUT2D eigenvalue weighted by atomic mass is 16.4. The first kappa shape index (κ1) is 18.8. The maximum atomic E-state index is 12.2. The van der Waals surface area contributed by atoms with E-state index >= 15 is 0 Å². The Balaban J connectivity index is 1.53. The quantitative estimate of drug-likeness (QED) is 0.623. The highest BCUT2D eigenvalue weighted by Crippen LogP contribution is 2.47. The molecule has 27 heavy (non-hydrogen) atoms. The fourth-order valence-electron chi connectivity index (χ4n) is 3.05. The minimum Gasteiger partial charge on any atom is -0.478 e. The van der Waals surface area contributed by atoms with Gasteiger partial charge in [0, 0.05) is 5.92 Å². The predicted octanol–water partition coefficient (Wildman–Crippen LogP) is 3.94. The van der Waals surface area contributed by atoms with Crippen molar-refractivity contribution < 1.29 is 14.7 Å². The molecule has 1 amide bonds. The lowest BCUT2D eigenvalue weighted by Gasteiger charge is -2.19. The largest absolute Gasteiger partial charge is 0.478 e. The van der Waals surface area contributed by atoms with E-state index in [0.717, 1.165) is 12.0 Å². The van der Waals surface area contributed by atoms with E-state index in [1.54, 1.807) is 12.1 Å². The molecule has 0 aromatic heterocycles. The normalized spacial score (nSPS) is 19.1. The van der Waals surface area contributed by atoms with Crippen LogP contribution in [-0.4, -0.2) is 23.2 Å². The van der Waals surface area contributed by atoms with Crippen molar-refractivity contribution in [3.63, 3.8) is 0 Å². The molecule has 0 unspecified atom stereocenters. The van der Waals surface area contributed by atoms with Gasteiger partial charge in [0.15, 0.2) is 0 Å². The van der Waals surface area contributed by atoms with Crippen LogP contribution in [0.15, 0.2) is 53.6 Å². The van der Waals surface area contributed by atoms with E-state index in [0.29, 0.717) is 0 Å². The van der Waals surface area contributed by atoms with Crippen LogP contribution in [0.25, 0.3) is 0 Å². The first-order chi connectivity index (χ1) is 12.8. The van der Waals surface area contributed by atoms with E-state index in [1.807, 2.05) is 0 Å². The molecular weight excluding hydrogens is 340 g/mol. The zero-order valence-electron chi connectivity index (χ0n) is 15.8. The summed E-state index contributed by atoms with van der Waals surface area (Å²) in [6.07, 6.45) is 2.35. The van der Waals surface area contributed by atoms with Crippen LogP contribution in [0.3, 0.4) is 0 Å². The maximum absolute atomic E-state index is 12.2. The minimum absolute atomic E-state index is 0.0444. The molecule has 2 atom stereocenters. The van der Waals surface area contributed by atoms with Gasteiger partial charge in [-0.25, -0.2) is 10.2 Å².